The van der Waals surface area contributed by atoms with E-state index in [-0.39, 0.29) is 28.6 Å². The number of rotatable bonds is 7. The summed E-state index contributed by atoms with van der Waals surface area (Å²) in [5.41, 5.74) is 6.37. The van der Waals surface area contributed by atoms with E-state index in [1.54, 1.807) is 12.1 Å². The number of amides is 2. The highest BCUT2D eigenvalue weighted by molar-refractivity contribution is 6.06. The Hall–Kier alpha value is -3.79. The second-order valence-corrected chi connectivity index (χ2v) is 7.62. The molecule has 0 unspecified atom stereocenters. The van der Waals surface area contributed by atoms with Crippen molar-refractivity contribution in [2.24, 2.45) is 11.7 Å². The molecule has 168 valence electrons. The lowest BCUT2D eigenvalue weighted by Crippen LogP contribution is -2.38. The van der Waals surface area contributed by atoms with Crippen LogP contribution < -0.4 is 11.1 Å². The average Bonchev–Trinajstić information content (AvgIpc) is 2.78. The highest BCUT2D eigenvalue weighted by Crippen LogP contribution is 2.22. The molecule has 1 heterocycles. The zero-order chi connectivity index (χ0) is 23.3. The first-order valence-corrected chi connectivity index (χ1v) is 10.1. The van der Waals surface area contributed by atoms with Crippen LogP contribution in [0.5, 0.6) is 0 Å². The molecule has 2 amide bonds. The highest BCUT2D eigenvalue weighted by atomic mass is 16.6. The normalized spacial score (nSPS) is 14.5. The molecular formula is C22H24N4O6. The number of methoxy groups -OCH3 is 1. The van der Waals surface area contributed by atoms with Crippen molar-refractivity contribution < 1.29 is 24.0 Å². The molecule has 3 N–H and O–H groups in total. The first kappa shape index (κ1) is 22.9. The monoisotopic (exact) mass is 440 g/mol. The van der Waals surface area contributed by atoms with Gasteiger partial charge in [-0.3, -0.25) is 24.6 Å². The molecule has 0 aliphatic carbocycles. The van der Waals surface area contributed by atoms with Gasteiger partial charge in [0.1, 0.15) is 0 Å². The fourth-order valence-electron chi connectivity index (χ4n) is 3.67. The van der Waals surface area contributed by atoms with Crippen LogP contribution >= 0.6 is 0 Å². The van der Waals surface area contributed by atoms with E-state index in [4.69, 9.17) is 5.73 Å². The molecular weight excluding hydrogens is 416 g/mol. The van der Waals surface area contributed by atoms with Crippen LogP contribution in [0.4, 0.5) is 11.4 Å². The number of hydrogen-bond acceptors (Lipinski definition) is 7. The number of nitrogens with zero attached hydrogens (tertiary/aromatic N) is 2. The SMILES string of the molecule is COC(=O)c1cc(C(=O)Nc2cccc(CN3CCC(C(N)=O)CC3)c2)cc([N+](=O)[O-])c1. The number of likely N-dealkylation sites (tertiary alicyclic amines) is 1. The Kier molecular flexibility index (Phi) is 7.16. The van der Waals surface area contributed by atoms with Gasteiger partial charge in [0.15, 0.2) is 0 Å². The number of carbonyl (C=O) groups is 3. The molecule has 10 nitrogen and oxygen atoms in total. The van der Waals surface area contributed by atoms with Gasteiger partial charge in [0, 0.05) is 35.8 Å². The summed E-state index contributed by atoms with van der Waals surface area (Å²) < 4.78 is 4.61. The molecule has 0 saturated carbocycles. The van der Waals surface area contributed by atoms with Crippen LogP contribution in [0.25, 0.3) is 0 Å². The maximum atomic E-state index is 12.7. The van der Waals surface area contributed by atoms with E-state index < -0.39 is 16.8 Å². The zero-order valence-electron chi connectivity index (χ0n) is 17.6. The van der Waals surface area contributed by atoms with Crippen LogP contribution in [-0.4, -0.2) is 47.8 Å². The molecule has 3 rings (SSSR count). The van der Waals surface area contributed by atoms with Gasteiger partial charge in [-0.15, -0.1) is 0 Å². The number of non-ortho nitro benzene ring substituents is 1. The van der Waals surface area contributed by atoms with Gasteiger partial charge in [-0.05, 0) is 49.7 Å². The molecule has 1 saturated heterocycles. The molecule has 0 aromatic heterocycles. The predicted octanol–water partition coefficient (Wildman–Crippen LogP) is 2.33. The van der Waals surface area contributed by atoms with Crippen molar-refractivity contribution in [2.75, 3.05) is 25.5 Å². The number of nitro groups is 1. The minimum atomic E-state index is -0.773. The van der Waals surface area contributed by atoms with Crippen molar-refractivity contribution in [3.8, 4) is 0 Å². The van der Waals surface area contributed by atoms with Crippen molar-refractivity contribution in [1.82, 2.24) is 4.90 Å². The van der Waals surface area contributed by atoms with Gasteiger partial charge in [-0.2, -0.15) is 0 Å². The summed E-state index contributed by atoms with van der Waals surface area (Å²) in [6.45, 7) is 2.17. The Morgan fingerprint density at radius 1 is 1.16 bits per heavy atom. The smallest absolute Gasteiger partial charge is 0.338 e. The van der Waals surface area contributed by atoms with Gasteiger partial charge in [0.05, 0.1) is 17.6 Å². The fraction of sp³-hybridized carbons (Fsp3) is 0.318. The number of primary amides is 1. The summed E-state index contributed by atoms with van der Waals surface area (Å²) in [7, 11) is 1.16. The van der Waals surface area contributed by atoms with Crippen LogP contribution in [0.15, 0.2) is 42.5 Å². The standard InChI is InChI=1S/C22H24N4O6/c1-32-22(29)17-10-16(11-19(12-17)26(30)31)21(28)24-18-4-2-3-14(9-18)13-25-7-5-15(6-8-25)20(23)27/h2-4,9-12,15H,5-8,13H2,1H3,(H2,23,27)(H,24,28). The number of anilines is 1. The van der Waals surface area contributed by atoms with Gasteiger partial charge < -0.3 is 15.8 Å². The van der Waals surface area contributed by atoms with E-state index in [9.17, 15) is 24.5 Å². The van der Waals surface area contributed by atoms with E-state index in [1.807, 2.05) is 12.1 Å². The largest absolute Gasteiger partial charge is 0.465 e. The quantitative estimate of drug-likeness (QED) is 0.382. The first-order chi connectivity index (χ1) is 15.3. The van der Waals surface area contributed by atoms with E-state index >= 15 is 0 Å². The summed E-state index contributed by atoms with van der Waals surface area (Å²) in [6.07, 6.45) is 1.45. The minimum Gasteiger partial charge on any atom is -0.465 e. The molecule has 1 aliphatic heterocycles. The van der Waals surface area contributed by atoms with E-state index in [0.29, 0.717) is 12.2 Å². The maximum Gasteiger partial charge on any atom is 0.338 e. The van der Waals surface area contributed by atoms with Crippen molar-refractivity contribution in [2.45, 2.75) is 19.4 Å². The topological polar surface area (TPSA) is 145 Å². The molecule has 1 aliphatic rings. The number of carbonyl (C=O) groups excluding carboxylic acids is 3. The number of hydrogen-bond donors (Lipinski definition) is 2. The lowest BCUT2D eigenvalue weighted by atomic mass is 9.96. The molecule has 0 atom stereocenters. The fourth-order valence-corrected chi connectivity index (χ4v) is 3.67. The van der Waals surface area contributed by atoms with Gasteiger partial charge in [-0.1, -0.05) is 12.1 Å². The van der Waals surface area contributed by atoms with Crippen molar-refractivity contribution in [3.63, 3.8) is 0 Å². The van der Waals surface area contributed by atoms with E-state index in [2.05, 4.69) is 15.0 Å². The minimum absolute atomic E-state index is 0.0291. The zero-order valence-corrected chi connectivity index (χ0v) is 17.6. The number of nitrogens with two attached hydrogens (primary N) is 1. The van der Waals surface area contributed by atoms with Crippen molar-refractivity contribution >= 4 is 29.2 Å². The lowest BCUT2D eigenvalue weighted by Gasteiger charge is -2.30. The molecule has 2 aromatic rings. The molecule has 1 fully saturated rings. The number of nitro benzene ring substituents is 1. The predicted molar refractivity (Wildman–Crippen MR) is 116 cm³/mol. The molecule has 2 aromatic carbocycles. The number of ether oxygens (including phenoxy) is 1. The third-order valence-corrected chi connectivity index (χ3v) is 5.39. The van der Waals surface area contributed by atoms with Crippen LogP contribution in [0.1, 0.15) is 39.1 Å². The third kappa shape index (κ3) is 5.67. The second kappa shape index (κ2) is 10.0. The Balaban J connectivity index is 1.71. The average molecular weight is 440 g/mol. The van der Waals surface area contributed by atoms with Crippen molar-refractivity contribution in [1.29, 1.82) is 0 Å². The summed E-state index contributed by atoms with van der Waals surface area (Å²) in [4.78, 5) is 48.6. The van der Waals surface area contributed by atoms with Crippen LogP contribution in [0.3, 0.4) is 0 Å². The number of nitrogens with one attached hydrogen (secondary N) is 1. The van der Waals surface area contributed by atoms with Gasteiger partial charge in [0.25, 0.3) is 11.6 Å². The number of esters is 1. The molecule has 32 heavy (non-hydrogen) atoms. The maximum absolute atomic E-state index is 12.7. The molecule has 0 bridgehead atoms. The van der Waals surface area contributed by atoms with Gasteiger partial charge >= 0.3 is 5.97 Å². The first-order valence-electron chi connectivity index (χ1n) is 10.1. The number of benzene rings is 2. The Labute approximate surface area is 184 Å². The summed E-state index contributed by atoms with van der Waals surface area (Å²) in [6, 6.07) is 10.7. The molecule has 0 radical (unpaired) electrons. The second-order valence-electron chi connectivity index (χ2n) is 7.62. The Bertz CT molecular complexity index is 1050. The Morgan fingerprint density at radius 3 is 2.47 bits per heavy atom. The van der Waals surface area contributed by atoms with Crippen molar-refractivity contribution in [3.05, 3.63) is 69.3 Å². The van der Waals surface area contributed by atoms with Crippen LogP contribution in [0.2, 0.25) is 0 Å². The summed E-state index contributed by atoms with van der Waals surface area (Å²) in [5, 5.41) is 13.9. The van der Waals surface area contributed by atoms with Gasteiger partial charge in [0.2, 0.25) is 5.91 Å². The van der Waals surface area contributed by atoms with Crippen LogP contribution in [0, 0.1) is 16.0 Å². The number of piperidine rings is 1. The lowest BCUT2D eigenvalue weighted by molar-refractivity contribution is -0.384. The van der Waals surface area contributed by atoms with Gasteiger partial charge in [-0.25, -0.2) is 4.79 Å². The Morgan fingerprint density at radius 2 is 1.84 bits per heavy atom. The summed E-state index contributed by atoms with van der Waals surface area (Å²) >= 11 is 0. The summed E-state index contributed by atoms with van der Waals surface area (Å²) in [5.74, 6) is -1.70. The van der Waals surface area contributed by atoms with E-state index in [1.165, 1.54) is 6.07 Å². The highest BCUT2D eigenvalue weighted by Gasteiger charge is 2.23. The molecule has 0 spiro atoms. The van der Waals surface area contributed by atoms with Crippen LogP contribution in [-0.2, 0) is 16.1 Å². The third-order valence-electron chi connectivity index (χ3n) is 5.39. The molecule has 10 heteroatoms. The van der Waals surface area contributed by atoms with E-state index in [0.717, 1.165) is 50.7 Å².